The molecule has 0 saturated heterocycles. The van der Waals surface area contributed by atoms with Gasteiger partial charge in [-0.25, -0.2) is 0 Å². The molecule has 1 aliphatic rings. The van der Waals surface area contributed by atoms with Crippen LogP contribution in [0.1, 0.15) is 19.8 Å². The van der Waals surface area contributed by atoms with Crippen LogP contribution in [-0.4, -0.2) is 46.3 Å². The van der Waals surface area contributed by atoms with Crippen LogP contribution >= 0.6 is 48.1 Å². The number of rotatable bonds is 5. The van der Waals surface area contributed by atoms with E-state index in [1.807, 2.05) is 0 Å². The van der Waals surface area contributed by atoms with Crippen molar-refractivity contribution in [2.45, 2.75) is 28.4 Å². The zero-order chi connectivity index (χ0) is 12.1. The van der Waals surface area contributed by atoms with Crippen molar-refractivity contribution in [2.75, 3.05) is 25.4 Å². The predicted molar refractivity (Wildman–Crippen MR) is 83.9 cm³/mol. The van der Waals surface area contributed by atoms with Crippen LogP contribution < -0.4 is 0 Å². The molecule has 18 heavy (non-hydrogen) atoms. The highest BCUT2D eigenvalue weighted by molar-refractivity contribution is 8.01. The van der Waals surface area contributed by atoms with Crippen LogP contribution in [0.2, 0.25) is 0 Å². The van der Waals surface area contributed by atoms with Gasteiger partial charge >= 0.3 is 0 Å². The molecule has 8 heteroatoms. The first-order valence-electron chi connectivity index (χ1n) is 5.67. The van der Waals surface area contributed by atoms with E-state index in [-0.39, 0.29) is 12.4 Å². The zero-order valence-electron chi connectivity index (χ0n) is 10.2. The lowest BCUT2D eigenvalue weighted by Gasteiger charge is -2.27. The summed E-state index contributed by atoms with van der Waals surface area (Å²) in [5.74, 6) is 2.27. The van der Waals surface area contributed by atoms with Gasteiger partial charge in [0.1, 0.15) is 0 Å². The standard InChI is InChI=1S/C10H16N4S3.ClH/c1-8-11-4-2-5-14(8)6-3-7-16-10-13-12-9(15)17-10;/h2-7H2,1H3,(H,12,15);1H. The molecule has 0 aromatic carbocycles. The number of amidine groups is 1. The Kier molecular flexibility index (Phi) is 7.36. The van der Waals surface area contributed by atoms with Gasteiger partial charge in [-0.3, -0.25) is 4.99 Å². The van der Waals surface area contributed by atoms with E-state index in [0.717, 1.165) is 40.5 Å². The van der Waals surface area contributed by atoms with Crippen LogP contribution in [0.3, 0.4) is 0 Å². The lowest BCUT2D eigenvalue weighted by atomic mass is 10.3. The number of aliphatic imine (C=N–C) groups is 1. The van der Waals surface area contributed by atoms with E-state index in [1.54, 1.807) is 23.1 Å². The van der Waals surface area contributed by atoms with Gasteiger partial charge in [0, 0.05) is 25.4 Å². The number of halogens is 1. The van der Waals surface area contributed by atoms with Crippen LogP contribution in [0.15, 0.2) is 13.7 Å². The normalized spacial score (nSPS) is 15.2. The van der Waals surface area contributed by atoms with Crippen molar-refractivity contribution in [3.8, 4) is 0 Å². The van der Waals surface area contributed by atoms with E-state index in [2.05, 4.69) is 39.6 Å². The molecule has 1 aromatic rings. The van der Waals surface area contributed by atoms with Gasteiger partial charge in [0.2, 0.25) is 0 Å². The van der Waals surface area contributed by atoms with Gasteiger partial charge in [-0.2, -0.15) is 0 Å². The monoisotopic (exact) mass is 324 g/mol. The number of thiol groups is 1. The van der Waals surface area contributed by atoms with E-state index >= 15 is 0 Å². The molecule has 0 atom stereocenters. The highest BCUT2D eigenvalue weighted by atomic mass is 35.5. The summed E-state index contributed by atoms with van der Waals surface area (Å²) in [5, 5.41) is 7.91. The summed E-state index contributed by atoms with van der Waals surface area (Å²) in [6, 6.07) is 0. The first kappa shape index (κ1) is 16.1. The maximum atomic E-state index is 4.46. The van der Waals surface area contributed by atoms with E-state index in [1.165, 1.54) is 12.3 Å². The van der Waals surface area contributed by atoms with Gasteiger partial charge in [0.15, 0.2) is 8.68 Å². The van der Waals surface area contributed by atoms with Gasteiger partial charge in [-0.05, 0) is 19.8 Å². The zero-order valence-corrected chi connectivity index (χ0v) is 13.5. The van der Waals surface area contributed by atoms with Crippen molar-refractivity contribution in [3.05, 3.63) is 0 Å². The third kappa shape index (κ3) is 4.95. The molecule has 0 bridgehead atoms. The molecule has 102 valence electrons. The van der Waals surface area contributed by atoms with Crippen LogP contribution in [0, 0.1) is 0 Å². The molecular weight excluding hydrogens is 308 g/mol. The Bertz CT molecular complexity index is 396. The third-order valence-corrected chi connectivity index (χ3v) is 4.89. The van der Waals surface area contributed by atoms with E-state index in [4.69, 9.17) is 0 Å². The fraction of sp³-hybridized carbons (Fsp3) is 0.700. The predicted octanol–water partition coefficient (Wildman–Crippen LogP) is 2.85. The van der Waals surface area contributed by atoms with E-state index < -0.39 is 0 Å². The Labute approximate surface area is 127 Å². The molecule has 0 N–H and O–H groups in total. The molecule has 2 rings (SSSR count). The average Bonchev–Trinajstić information content (AvgIpc) is 2.73. The van der Waals surface area contributed by atoms with Crippen LogP contribution in [0.5, 0.6) is 0 Å². The maximum Gasteiger partial charge on any atom is 0.175 e. The molecule has 0 aliphatic carbocycles. The quantitative estimate of drug-likeness (QED) is 0.514. The minimum atomic E-state index is 0. The van der Waals surface area contributed by atoms with Crippen molar-refractivity contribution >= 4 is 54.0 Å². The first-order chi connectivity index (χ1) is 8.25. The Hall–Kier alpha value is 0.0200. The average molecular weight is 325 g/mol. The summed E-state index contributed by atoms with van der Waals surface area (Å²) in [4.78, 5) is 6.83. The molecule has 1 aromatic heterocycles. The van der Waals surface area contributed by atoms with E-state index in [0.29, 0.717) is 0 Å². The summed E-state index contributed by atoms with van der Waals surface area (Å²) in [5.41, 5.74) is 0. The second kappa shape index (κ2) is 8.24. The topological polar surface area (TPSA) is 41.4 Å². The molecule has 0 unspecified atom stereocenters. The lowest BCUT2D eigenvalue weighted by molar-refractivity contribution is 0.392. The summed E-state index contributed by atoms with van der Waals surface area (Å²) in [6.45, 7) is 5.34. The van der Waals surface area contributed by atoms with Gasteiger partial charge in [0.05, 0.1) is 5.84 Å². The Morgan fingerprint density at radius 2 is 2.28 bits per heavy atom. The Morgan fingerprint density at radius 3 is 2.94 bits per heavy atom. The maximum absolute atomic E-state index is 4.46. The van der Waals surface area contributed by atoms with Gasteiger partial charge in [-0.15, -0.1) is 35.2 Å². The Balaban J connectivity index is 0.00000162. The SMILES string of the molecule is CC1=NCCCN1CCCSc1nnc(S)s1.Cl. The summed E-state index contributed by atoms with van der Waals surface area (Å²) < 4.78 is 1.76. The molecule has 2 heterocycles. The molecule has 0 saturated carbocycles. The molecule has 0 amide bonds. The lowest BCUT2D eigenvalue weighted by Crippen LogP contribution is -2.34. The number of hydrogen-bond donors (Lipinski definition) is 1. The van der Waals surface area contributed by atoms with Crippen molar-refractivity contribution in [1.29, 1.82) is 0 Å². The third-order valence-electron chi connectivity index (χ3n) is 2.58. The highest BCUT2D eigenvalue weighted by Crippen LogP contribution is 2.24. The smallest absolute Gasteiger partial charge is 0.175 e. The van der Waals surface area contributed by atoms with Crippen molar-refractivity contribution in [2.24, 2.45) is 4.99 Å². The van der Waals surface area contributed by atoms with Crippen molar-refractivity contribution in [3.63, 3.8) is 0 Å². The van der Waals surface area contributed by atoms with Crippen molar-refractivity contribution in [1.82, 2.24) is 15.1 Å². The fourth-order valence-electron chi connectivity index (χ4n) is 1.71. The number of hydrogen-bond acceptors (Lipinski definition) is 7. The minimum Gasteiger partial charge on any atom is -0.361 e. The summed E-state index contributed by atoms with van der Waals surface area (Å²) in [7, 11) is 0. The van der Waals surface area contributed by atoms with Crippen LogP contribution in [0.4, 0.5) is 0 Å². The number of thioether (sulfide) groups is 1. The largest absolute Gasteiger partial charge is 0.361 e. The van der Waals surface area contributed by atoms with Gasteiger partial charge < -0.3 is 4.90 Å². The van der Waals surface area contributed by atoms with Crippen LogP contribution in [-0.2, 0) is 0 Å². The van der Waals surface area contributed by atoms with Crippen molar-refractivity contribution < 1.29 is 0 Å². The molecule has 0 fully saturated rings. The van der Waals surface area contributed by atoms with E-state index in [9.17, 15) is 0 Å². The molecule has 0 spiro atoms. The molecule has 4 nitrogen and oxygen atoms in total. The highest BCUT2D eigenvalue weighted by Gasteiger charge is 2.10. The number of nitrogens with zero attached hydrogens (tertiary/aromatic N) is 4. The second-order valence-corrected chi connectivity index (χ2v) is 6.87. The second-order valence-electron chi connectivity index (χ2n) is 3.82. The molecule has 1 aliphatic heterocycles. The Morgan fingerprint density at radius 1 is 1.44 bits per heavy atom. The number of aromatic nitrogens is 2. The van der Waals surface area contributed by atoms with Crippen LogP contribution in [0.25, 0.3) is 0 Å². The molecule has 0 radical (unpaired) electrons. The molecular formula is C10H17ClN4S3. The minimum absolute atomic E-state index is 0. The van der Waals surface area contributed by atoms with Gasteiger partial charge in [-0.1, -0.05) is 23.1 Å². The summed E-state index contributed by atoms with van der Waals surface area (Å²) in [6.07, 6.45) is 2.34. The first-order valence-corrected chi connectivity index (χ1v) is 7.92. The fourth-order valence-corrected chi connectivity index (χ4v) is 3.79. The summed E-state index contributed by atoms with van der Waals surface area (Å²) >= 11 is 7.46. The van der Waals surface area contributed by atoms with Gasteiger partial charge in [0.25, 0.3) is 0 Å².